The van der Waals surface area contributed by atoms with Gasteiger partial charge in [0.2, 0.25) is 0 Å². The number of aromatic nitrogens is 1. The topological polar surface area (TPSA) is 68.0 Å². The summed E-state index contributed by atoms with van der Waals surface area (Å²) in [4.78, 5) is 16.5. The van der Waals surface area contributed by atoms with Gasteiger partial charge in [0, 0.05) is 17.6 Å². The molecule has 0 atom stereocenters. The molecule has 2 aromatic rings. The van der Waals surface area contributed by atoms with Gasteiger partial charge in [-0.25, -0.2) is 4.98 Å². The molecule has 0 unspecified atom stereocenters. The fourth-order valence-electron chi connectivity index (χ4n) is 2.96. The highest BCUT2D eigenvalue weighted by Crippen LogP contribution is 2.24. The van der Waals surface area contributed by atoms with E-state index in [1.807, 2.05) is 18.2 Å². The fourth-order valence-corrected chi connectivity index (χ4v) is 3.68. The Morgan fingerprint density at radius 3 is 2.81 bits per heavy atom. The van der Waals surface area contributed by atoms with Crippen molar-refractivity contribution in [3.05, 3.63) is 29.3 Å². The Balaban J connectivity index is 1.65. The van der Waals surface area contributed by atoms with Crippen molar-refractivity contribution in [3.8, 4) is 0 Å². The Hall–Kier alpha value is -1.46. The first kappa shape index (κ1) is 14.5. The number of nitrogens with zero attached hydrogens (tertiary/aromatic N) is 1. The molecule has 112 valence electrons. The molecule has 1 aromatic heterocycles. The predicted molar refractivity (Wildman–Crippen MR) is 86.6 cm³/mol. The van der Waals surface area contributed by atoms with Crippen molar-refractivity contribution in [2.24, 2.45) is 5.73 Å². The predicted octanol–water partition coefficient (Wildman–Crippen LogP) is 3.08. The molecule has 0 saturated heterocycles. The lowest BCUT2D eigenvalue weighted by Gasteiger charge is -2.28. The van der Waals surface area contributed by atoms with E-state index in [-0.39, 0.29) is 11.4 Å². The Labute approximate surface area is 128 Å². The highest BCUT2D eigenvalue weighted by atomic mass is 32.1. The van der Waals surface area contributed by atoms with E-state index in [1.165, 1.54) is 25.7 Å². The molecule has 0 spiro atoms. The van der Waals surface area contributed by atoms with Crippen molar-refractivity contribution < 1.29 is 4.79 Å². The second-order valence-electron chi connectivity index (χ2n) is 5.99. The first-order valence-corrected chi connectivity index (χ1v) is 8.45. The number of rotatable bonds is 3. The van der Waals surface area contributed by atoms with Gasteiger partial charge in [-0.15, -0.1) is 11.3 Å². The van der Waals surface area contributed by atoms with E-state index in [4.69, 9.17) is 5.73 Å². The number of thiazole rings is 1. The van der Waals surface area contributed by atoms with E-state index in [2.05, 4.69) is 10.3 Å². The SMILES string of the molecule is NC1(CNC(=O)c2ccc3ncsc3c2)CCCCCC1. The zero-order chi connectivity index (χ0) is 14.7. The van der Waals surface area contributed by atoms with Crippen LogP contribution in [-0.4, -0.2) is 23.0 Å². The van der Waals surface area contributed by atoms with Crippen molar-refractivity contribution in [3.63, 3.8) is 0 Å². The Kier molecular flexibility index (Phi) is 4.22. The maximum Gasteiger partial charge on any atom is 0.251 e. The van der Waals surface area contributed by atoms with Crippen LogP contribution in [0.1, 0.15) is 48.9 Å². The number of benzene rings is 1. The minimum absolute atomic E-state index is 0.0422. The van der Waals surface area contributed by atoms with Gasteiger partial charge in [-0.1, -0.05) is 25.7 Å². The maximum absolute atomic E-state index is 12.3. The number of hydrogen-bond donors (Lipinski definition) is 2. The molecule has 4 nitrogen and oxygen atoms in total. The standard InChI is InChI=1S/C16H21N3OS/c17-16(7-3-1-2-4-8-16)10-18-15(20)12-5-6-13-14(9-12)21-11-19-13/h5-6,9,11H,1-4,7-8,10,17H2,(H,18,20). The number of nitrogens with two attached hydrogens (primary N) is 1. The molecule has 1 aliphatic carbocycles. The van der Waals surface area contributed by atoms with Gasteiger partial charge < -0.3 is 11.1 Å². The summed E-state index contributed by atoms with van der Waals surface area (Å²) in [5.41, 5.74) is 9.62. The van der Waals surface area contributed by atoms with Crippen molar-refractivity contribution in [2.75, 3.05) is 6.54 Å². The molecule has 1 fully saturated rings. The minimum atomic E-state index is -0.235. The maximum atomic E-state index is 12.3. The van der Waals surface area contributed by atoms with Gasteiger partial charge in [-0.2, -0.15) is 0 Å². The Bertz CT molecular complexity index is 629. The van der Waals surface area contributed by atoms with Gasteiger partial charge in [0.05, 0.1) is 15.7 Å². The summed E-state index contributed by atoms with van der Waals surface area (Å²) >= 11 is 1.55. The van der Waals surface area contributed by atoms with Crippen molar-refractivity contribution in [2.45, 2.75) is 44.1 Å². The summed E-state index contributed by atoms with van der Waals surface area (Å²) in [6, 6.07) is 5.62. The fraction of sp³-hybridized carbons (Fsp3) is 0.500. The first-order valence-electron chi connectivity index (χ1n) is 7.57. The molecule has 1 saturated carbocycles. The Morgan fingerprint density at radius 1 is 1.29 bits per heavy atom. The van der Waals surface area contributed by atoms with Gasteiger partial charge in [-0.05, 0) is 31.0 Å². The summed E-state index contributed by atoms with van der Waals surface area (Å²) in [7, 11) is 0. The third-order valence-corrected chi connectivity index (χ3v) is 5.09. The summed E-state index contributed by atoms with van der Waals surface area (Å²) < 4.78 is 1.04. The zero-order valence-electron chi connectivity index (χ0n) is 12.1. The molecule has 3 N–H and O–H groups in total. The van der Waals surface area contributed by atoms with Crippen LogP contribution in [0.4, 0.5) is 0 Å². The quantitative estimate of drug-likeness (QED) is 0.856. The van der Waals surface area contributed by atoms with E-state index >= 15 is 0 Å². The monoisotopic (exact) mass is 303 g/mol. The third-order valence-electron chi connectivity index (χ3n) is 4.29. The number of nitrogens with one attached hydrogen (secondary N) is 1. The number of fused-ring (bicyclic) bond motifs is 1. The molecule has 1 heterocycles. The van der Waals surface area contributed by atoms with Crippen LogP contribution < -0.4 is 11.1 Å². The van der Waals surface area contributed by atoms with Crippen LogP contribution in [0.25, 0.3) is 10.2 Å². The van der Waals surface area contributed by atoms with Gasteiger partial charge >= 0.3 is 0 Å². The van der Waals surface area contributed by atoms with E-state index < -0.39 is 0 Å². The minimum Gasteiger partial charge on any atom is -0.350 e. The van der Waals surface area contributed by atoms with Crippen LogP contribution in [0, 0.1) is 0 Å². The van der Waals surface area contributed by atoms with Crippen molar-refractivity contribution in [1.82, 2.24) is 10.3 Å². The highest BCUT2D eigenvalue weighted by molar-refractivity contribution is 7.16. The molecule has 3 rings (SSSR count). The molecule has 0 aliphatic heterocycles. The average molecular weight is 303 g/mol. The normalized spacial score (nSPS) is 18.3. The highest BCUT2D eigenvalue weighted by Gasteiger charge is 2.26. The third kappa shape index (κ3) is 3.41. The van der Waals surface area contributed by atoms with Gasteiger partial charge in [0.1, 0.15) is 0 Å². The van der Waals surface area contributed by atoms with Crippen LogP contribution in [0.5, 0.6) is 0 Å². The lowest BCUT2D eigenvalue weighted by atomic mass is 9.91. The van der Waals surface area contributed by atoms with E-state index in [9.17, 15) is 4.79 Å². The number of amides is 1. The van der Waals surface area contributed by atoms with Crippen LogP contribution in [0.2, 0.25) is 0 Å². The van der Waals surface area contributed by atoms with Crippen LogP contribution in [-0.2, 0) is 0 Å². The first-order chi connectivity index (χ1) is 10.2. The smallest absolute Gasteiger partial charge is 0.251 e. The van der Waals surface area contributed by atoms with Crippen molar-refractivity contribution >= 4 is 27.5 Å². The number of hydrogen-bond acceptors (Lipinski definition) is 4. The molecule has 1 amide bonds. The molecule has 1 aliphatic rings. The second-order valence-corrected chi connectivity index (χ2v) is 6.88. The summed E-state index contributed by atoms with van der Waals surface area (Å²) in [5, 5.41) is 3.01. The largest absolute Gasteiger partial charge is 0.350 e. The second kappa shape index (κ2) is 6.12. The van der Waals surface area contributed by atoms with Gasteiger partial charge in [-0.3, -0.25) is 4.79 Å². The lowest BCUT2D eigenvalue weighted by Crippen LogP contribution is -2.49. The van der Waals surface area contributed by atoms with Crippen molar-refractivity contribution in [1.29, 1.82) is 0 Å². The van der Waals surface area contributed by atoms with E-state index in [0.29, 0.717) is 12.1 Å². The molecule has 5 heteroatoms. The van der Waals surface area contributed by atoms with Crippen LogP contribution in [0.3, 0.4) is 0 Å². The van der Waals surface area contributed by atoms with Crippen LogP contribution >= 0.6 is 11.3 Å². The molecule has 1 aromatic carbocycles. The summed E-state index contributed by atoms with van der Waals surface area (Å²) in [6.07, 6.45) is 6.85. The molecule has 0 bridgehead atoms. The van der Waals surface area contributed by atoms with Gasteiger partial charge in [0.25, 0.3) is 5.91 Å². The molecular formula is C16H21N3OS. The molecule has 21 heavy (non-hydrogen) atoms. The molecular weight excluding hydrogens is 282 g/mol. The van der Waals surface area contributed by atoms with Gasteiger partial charge in [0.15, 0.2) is 0 Å². The lowest BCUT2D eigenvalue weighted by molar-refractivity contribution is 0.0941. The zero-order valence-corrected chi connectivity index (χ0v) is 12.9. The number of carbonyl (C=O) groups excluding carboxylic acids is 1. The average Bonchev–Trinajstić information content (AvgIpc) is 2.85. The van der Waals surface area contributed by atoms with E-state index in [1.54, 1.807) is 16.8 Å². The van der Waals surface area contributed by atoms with Crippen LogP contribution in [0.15, 0.2) is 23.7 Å². The molecule has 0 radical (unpaired) electrons. The number of carbonyl (C=O) groups is 1. The van der Waals surface area contributed by atoms with E-state index in [0.717, 1.165) is 23.1 Å². The summed E-state index contributed by atoms with van der Waals surface area (Å²) in [6.45, 7) is 0.562. The Morgan fingerprint density at radius 2 is 2.05 bits per heavy atom. The summed E-state index contributed by atoms with van der Waals surface area (Å²) in [5.74, 6) is -0.0422.